The minimum absolute atomic E-state index is 0.00350. The second-order valence-electron chi connectivity index (χ2n) is 9.35. The standard InChI is InChI=1S/C24H29F2N5O2/c25-18-13-16-17(14-19(18)26)22(32)30-21(16)29-20(12-15-4-2-1-3-5-15)23(33)31-24(6-9-27)7-10-28-11-8-24/h13-15,20,28H,1-8,10-12H2,(H,31,33)(H,29,30,32). The van der Waals surface area contributed by atoms with E-state index in [1.807, 2.05) is 0 Å². The Bertz CT molecular complexity index is 991. The van der Waals surface area contributed by atoms with Gasteiger partial charge in [-0.1, -0.05) is 32.1 Å². The Morgan fingerprint density at radius 1 is 1.18 bits per heavy atom. The molecule has 2 fully saturated rings. The molecular formula is C24H29F2N5O2. The highest BCUT2D eigenvalue weighted by Crippen LogP contribution is 2.30. The first-order valence-corrected chi connectivity index (χ1v) is 11.7. The van der Waals surface area contributed by atoms with Crippen molar-refractivity contribution in [2.24, 2.45) is 10.9 Å². The Hall–Kier alpha value is -2.86. The molecule has 1 aromatic rings. The van der Waals surface area contributed by atoms with Crippen molar-refractivity contribution in [1.29, 1.82) is 5.26 Å². The van der Waals surface area contributed by atoms with Crippen LogP contribution >= 0.6 is 0 Å². The quantitative estimate of drug-likeness (QED) is 0.611. The summed E-state index contributed by atoms with van der Waals surface area (Å²) >= 11 is 0. The summed E-state index contributed by atoms with van der Waals surface area (Å²) < 4.78 is 27.6. The summed E-state index contributed by atoms with van der Waals surface area (Å²) in [6.45, 7) is 1.41. The summed E-state index contributed by atoms with van der Waals surface area (Å²) in [7, 11) is 0. The second-order valence-corrected chi connectivity index (χ2v) is 9.35. The van der Waals surface area contributed by atoms with Crippen LogP contribution in [-0.4, -0.2) is 42.3 Å². The molecule has 1 aliphatic carbocycles. The topological polar surface area (TPSA) is 106 Å². The first kappa shape index (κ1) is 23.3. The van der Waals surface area contributed by atoms with Gasteiger partial charge < -0.3 is 16.0 Å². The third-order valence-electron chi connectivity index (χ3n) is 7.03. The molecular weight excluding hydrogens is 428 g/mol. The van der Waals surface area contributed by atoms with Crippen LogP contribution in [0.4, 0.5) is 8.78 Å². The van der Waals surface area contributed by atoms with E-state index in [4.69, 9.17) is 0 Å². The second kappa shape index (κ2) is 9.96. The number of halogens is 2. The molecule has 2 aliphatic heterocycles. The first-order valence-electron chi connectivity index (χ1n) is 11.7. The predicted octanol–water partition coefficient (Wildman–Crippen LogP) is 2.95. The molecule has 176 valence electrons. The van der Waals surface area contributed by atoms with Gasteiger partial charge in [0, 0.05) is 5.56 Å². The molecule has 0 bridgehead atoms. The molecule has 4 rings (SSSR count). The third-order valence-corrected chi connectivity index (χ3v) is 7.03. The number of rotatable bonds is 6. The van der Waals surface area contributed by atoms with Crippen molar-refractivity contribution in [1.82, 2.24) is 16.0 Å². The first-order chi connectivity index (χ1) is 15.9. The number of benzene rings is 1. The lowest BCUT2D eigenvalue weighted by Crippen LogP contribution is -2.56. The molecule has 2 heterocycles. The molecule has 3 aliphatic rings. The zero-order valence-electron chi connectivity index (χ0n) is 18.6. The number of carbonyl (C=O) groups excluding carboxylic acids is 2. The highest BCUT2D eigenvalue weighted by atomic mass is 19.2. The van der Waals surface area contributed by atoms with Gasteiger partial charge in [-0.2, -0.15) is 5.26 Å². The molecule has 9 heteroatoms. The number of piperidine rings is 1. The van der Waals surface area contributed by atoms with Crippen LogP contribution in [-0.2, 0) is 4.79 Å². The van der Waals surface area contributed by atoms with Crippen molar-refractivity contribution in [2.75, 3.05) is 13.1 Å². The summed E-state index contributed by atoms with van der Waals surface area (Å²) in [6.07, 6.45) is 7.38. The fraction of sp³-hybridized carbons (Fsp3) is 0.583. The van der Waals surface area contributed by atoms with Crippen molar-refractivity contribution in [3.8, 4) is 6.07 Å². The lowest BCUT2D eigenvalue weighted by atomic mass is 9.83. The number of fused-ring (bicyclic) bond motifs is 1. The maximum absolute atomic E-state index is 13.9. The van der Waals surface area contributed by atoms with Gasteiger partial charge >= 0.3 is 0 Å². The minimum Gasteiger partial charge on any atom is -0.348 e. The molecule has 1 aromatic carbocycles. The lowest BCUT2D eigenvalue weighted by Gasteiger charge is -2.37. The van der Waals surface area contributed by atoms with Crippen LogP contribution in [0.2, 0.25) is 0 Å². The van der Waals surface area contributed by atoms with Gasteiger partial charge in [0.2, 0.25) is 5.91 Å². The smallest absolute Gasteiger partial charge is 0.257 e. The molecule has 3 N–H and O–H groups in total. The zero-order valence-corrected chi connectivity index (χ0v) is 18.6. The molecule has 0 spiro atoms. The van der Waals surface area contributed by atoms with Gasteiger partial charge in [0.25, 0.3) is 5.91 Å². The van der Waals surface area contributed by atoms with Gasteiger partial charge in [0.05, 0.1) is 23.6 Å². The van der Waals surface area contributed by atoms with E-state index in [-0.39, 0.29) is 29.3 Å². The maximum Gasteiger partial charge on any atom is 0.257 e. The number of hydrogen-bond acceptors (Lipinski definition) is 5. The van der Waals surface area contributed by atoms with Gasteiger partial charge in [-0.15, -0.1) is 0 Å². The minimum atomic E-state index is -1.11. The van der Waals surface area contributed by atoms with Crippen LogP contribution in [0.3, 0.4) is 0 Å². The van der Waals surface area contributed by atoms with Gasteiger partial charge in [-0.25, -0.2) is 8.78 Å². The van der Waals surface area contributed by atoms with Crippen molar-refractivity contribution in [2.45, 2.75) is 69.4 Å². The van der Waals surface area contributed by atoms with E-state index < -0.39 is 29.1 Å². The SMILES string of the molecule is N#CCC1(NC(=O)C(CC2CCCCC2)N=C2NC(=O)c3cc(F)c(F)cc32)CCNCC1. The van der Waals surface area contributed by atoms with E-state index in [9.17, 15) is 23.6 Å². The zero-order chi connectivity index (χ0) is 23.4. The normalized spacial score (nSPS) is 22.3. The van der Waals surface area contributed by atoms with E-state index in [0.717, 1.165) is 37.8 Å². The maximum atomic E-state index is 13.9. The number of nitriles is 1. The third kappa shape index (κ3) is 5.22. The molecule has 1 atom stereocenters. The molecule has 0 radical (unpaired) electrons. The summed E-state index contributed by atoms with van der Waals surface area (Å²) in [5.41, 5.74) is -0.452. The van der Waals surface area contributed by atoms with Crippen molar-refractivity contribution >= 4 is 17.6 Å². The Labute approximate surface area is 192 Å². The van der Waals surface area contributed by atoms with E-state index >= 15 is 0 Å². The summed E-state index contributed by atoms with van der Waals surface area (Å²) in [6, 6.07) is 3.20. The number of carbonyl (C=O) groups is 2. The monoisotopic (exact) mass is 457 g/mol. The average Bonchev–Trinajstić information content (AvgIpc) is 3.09. The molecule has 1 saturated carbocycles. The van der Waals surface area contributed by atoms with E-state index in [1.54, 1.807) is 0 Å². The number of hydrogen-bond donors (Lipinski definition) is 3. The highest BCUT2D eigenvalue weighted by molar-refractivity contribution is 6.23. The van der Waals surface area contributed by atoms with Crippen molar-refractivity contribution < 1.29 is 18.4 Å². The van der Waals surface area contributed by atoms with Crippen molar-refractivity contribution in [3.05, 3.63) is 34.9 Å². The summed E-state index contributed by atoms with van der Waals surface area (Å²) in [5.74, 6) is -2.64. The van der Waals surface area contributed by atoms with Crippen LogP contribution in [0.15, 0.2) is 17.1 Å². The van der Waals surface area contributed by atoms with Crippen LogP contribution in [0.25, 0.3) is 0 Å². The van der Waals surface area contributed by atoms with Crippen LogP contribution in [0.5, 0.6) is 0 Å². The fourth-order valence-corrected chi connectivity index (χ4v) is 5.13. The lowest BCUT2D eigenvalue weighted by molar-refractivity contribution is -0.125. The Morgan fingerprint density at radius 3 is 2.52 bits per heavy atom. The molecule has 7 nitrogen and oxygen atoms in total. The molecule has 2 amide bonds. The summed E-state index contributed by atoms with van der Waals surface area (Å²) in [5, 5.41) is 18.3. The fourth-order valence-electron chi connectivity index (χ4n) is 5.13. The number of aliphatic imine (C=N–C) groups is 1. The molecule has 1 unspecified atom stereocenters. The van der Waals surface area contributed by atoms with Gasteiger partial charge in [-0.05, 0) is 50.4 Å². The largest absolute Gasteiger partial charge is 0.348 e. The Kier molecular flexibility index (Phi) is 7.03. The summed E-state index contributed by atoms with van der Waals surface area (Å²) in [4.78, 5) is 30.4. The Morgan fingerprint density at radius 2 is 1.85 bits per heavy atom. The van der Waals surface area contributed by atoms with Gasteiger partial charge in [0.15, 0.2) is 11.6 Å². The molecule has 33 heavy (non-hydrogen) atoms. The van der Waals surface area contributed by atoms with Gasteiger partial charge in [-0.3, -0.25) is 14.6 Å². The van der Waals surface area contributed by atoms with Crippen molar-refractivity contribution in [3.63, 3.8) is 0 Å². The van der Waals surface area contributed by atoms with Crippen LogP contribution < -0.4 is 16.0 Å². The number of nitrogens with one attached hydrogen (secondary N) is 3. The van der Waals surface area contributed by atoms with E-state index in [2.05, 4.69) is 27.0 Å². The average molecular weight is 458 g/mol. The molecule has 0 aromatic heterocycles. The van der Waals surface area contributed by atoms with Crippen LogP contribution in [0.1, 0.15) is 73.7 Å². The number of amides is 2. The predicted molar refractivity (Wildman–Crippen MR) is 119 cm³/mol. The van der Waals surface area contributed by atoms with Gasteiger partial charge in [0.1, 0.15) is 11.9 Å². The Balaban J connectivity index is 1.63. The molecule has 1 saturated heterocycles. The van der Waals surface area contributed by atoms with E-state index in [0.29, 0.717) is 38.3 Å². The highest BCUT2D eigenvalue weighted by Gasteiger charge is 2.37. The number of nitrogens with zero attached hydrogens (tertiary/aromatic N) is 2. The number of amidine groups is 1. The van der Waals surface area contributed by atoms with Crippen LogP contribution in [0, 0.1) is 28.9 Å². The van der Waals surface area contributed by atoms with E-state index in [1.165, 1.54) is 6.42 Å².